The number of pyridine rings is 1. The van der Waals surface area contributed by atoms with E-state index in [0.29, 0.717) is 5.02 Å². The molecule has 0 radical (unpaired) electrons. The summed E-state index contributed by atoms with van der Waals surface area (Å²) in [5, 5.41) is 9.09. The zero-order valence-corrected chi connectivity index (χ0v) is 12.4. The number of benzene rings is 1. The Labute approximate surface area is 130 Å². The van der Waals surface area contributed by atoms with Crippen molar-refractivity contribution in [3.63, 3.8) is 0 Å². The highest BCUT2D eigenvalue weighted by Crippen LogP contribution is 2.18. The molecule has 0 aliphatic heterocycles. The average molecular weight is 334 g/mol. The molecular formula is C13H13BClF4N3. The number of azo groups is 1. The van der Waals surface area contributed by atoms with E-state index in [-0.39, 0.29) is 0 Å². The van der Waals surface area contributed by atoms with Gasteiger partial charge in [-0.1, -0.05) is 17.7 Å². The topological polar surface area (TPSA) is 28.6 Å². The normalized spacial score (nSPS) is 11.2. The van der Waals surface area contributed by atoms with Crippen LogP contribution in [0.4, 0.5) is 28.8 Å². The number of hydrogen-bond donors (Lipinski definition) is 0. The summed E-state index contributed by atoms with van der Waals surface area (Å²) in [6.45, 7) is 2.94. The molecule has 1 aromatic heterocycles. The molecular weight excluding hydrogens is 320 g/mol. The molecule has 3 nitrogen and oxygen atoms in total. The molecule has 0 N–H and O–H groups in total. The minimum atomic E-state index is -6.00. The van der Waals surface area contributed by atoms with Gasteiger partial charge in [0.25, 0.3) is 0 Å². The van der Waals surface area contributed by atoms with E-state index in [0.717, 1.165) is 18.1 Å². The van der Waals surface area contributed by atoms with Crippen molar-refractivity contribution in [1.29, 1.82) is 0 Å². The Kier molecular flexibility index (Phi) is 6.97. The van der Waals surface area contributed by atoms with E-state index in [1.54, 1.807) is 12.1 Å². The van der Waals surface area contributed by atoms with Gasteiger partial charge in [-0.15, -0.1) is 0 Å². The highest BCUT2D eigenvalue weighted by molar-refractivity contribution is 6.50. The van der Waals surface area contributed by atoms with Crippen LogP contribution in [0.15, 0.2) is 58.9 Å². The van der Waals surface area contributed by atoms with Crippen LogP contribution in [0.2, 0.25) is 5.02 Å². The number of aryl methyl sites for hydroxylation is 1. The number of nitrogens with zero attached hydrogens (tertiary/aromatic N) is 3. The molecule has 0 fully saturated rings. The summed E-state index contributed by atoms with van der Waals surface area (Å²) in [7, 11) is -6.00. The van der Waals surface area contributed by atoms with Crippen LogP contribution >= 0.6 is 11.6 Å². The first-order valence-electron chi connectivity index (χ1n) is 6.32. The van der Waals surface area contributed by atoms with Crippen molar-refractivity contribution in [1.82, 2.24) is 0 Å². The maximum atomic E-state index is 9.75. The third-order valence-corrected chi connectivity index (χ3v) is 2.60. The van der Waals surface area contributed by atoms with Gasteiger partial charge in [0.2, 0.25) is 0 Å². The molecule has 0 aliphatic carbocycles. The molecule has 2 rings (SSSR count). The fourth-order valence-corrected chi connectivity index (χ4v) is 1.57. The third-order valence-electron chi connectivity index (χ3n) is 2.35. The first-order valence-corrected chi connectivity index (χ1v) is 6.70. The molecule has 0 bridgehead atoms. The Morgan fingerprint density at radius 2 is 1.59 bits per heavy atom. The summed E-state index contributed by atoms with van der Waals surface area (Å²) in [6, 6.07) is 13.1. The van der Waals surface area contributed by atoms with Crippen LogP contribution in [0.1, 0.15) is 6.92 Å². The molecule has 9 heteroatoms. The van der Waals surface area contributed by atoms with E-state index >= 15 is 0 Å². The Bertz CT molecular complexity index is 611. The Balaban J connectivity index is 0.000000422. The van der Waals surface area contributed by atoms with Crippen molar-refractivity contribution in [2.24, 2.45) is 10.2 Å². The lowest BCUT2D eigenvalue weighted by atomic mass is 10.3. The summed E-state index contributed by atoms with van der Waals surface area (Å²) >= 11 is 5.80. The molecule has 0 saturated carbocycles. The Hall–Kier alpha value is -1.96. The van der Waals surface area contributed by atoms with Crippen LogP contribution in [-0.2, 0) is 6.54 Å². The zero-order chi connectivity index (χ0) is 16.6. The molecule has 0 amide bonds. The van der Waals surface area contributed by atoms with Crippen LogP contribution in [0, 0.1) is 0 Å². The smallest absolute Gasteiger partial charge is 0.418 e. The predicted octanol–water partition coefficient (Wildman–Crippen LogP) is 5.36. The van der Waals surface area contributed by atoms with Gasteiger partial charge in [0, 0.05) is 11.1 Å². The summed E-state index contributed by atoms with van der Waals surface area (Å²) in [4.78, 5) is 0. The van der Waals surface area contributed by atoms with Gasteiger partial charge in [-0.2, -0.15) is 0 Å². The highest BCUT2D eigenvalue weighted by atomic mass is 35.5. The molecule has 1 heterocycles. The fraction of sp³-hybridized carbons (Fsp3) is 0.154. The van der Waals surface area contributed by atoms with E-state index in [4.69, 9.17) is 11.6 Å². The standard InChI is InChI=1S/C13H13ClN3.BF4/c1-2-17-10-4-3-5-13(17)16-15-12-8-6-11(14)7-9-12;2-1(3,4)5/h3-10H,2H2,1H3;/q+1;-1. The second-order valence-corrected chi connectivity index (χ2v) is 4.45. The van der Waals surface area contributed by atoms with Crippen LogP contribution in [0.5, 0.6) is 0 Å². The summed E-state index contributed by atoms with van der Waals surface area (Å²) in [5.74, 6) is 0.838. The molecule has 0 atom stereocenters. The SMILES string of the molecule is CC[n+]1ccccc1N=Nc1ccc(Cl)cc1.F[B-](F)(F)F. The molecule has 0 saturated heterocycles. The molecule has 1 aromatic carbocycles. The van der Waals surface area contributed by atoms with Crippen molar-refractivity contribution in [3.05, 3.63) is 53.7 Å². The number of rotatable bonds is 3. The van der Waals surface area contributed by atoms with Crippen LogP contribution < -0.4 is 4.57 Å². The van der Waals surface area contributed by atoms with Gasteiger partial charge in [-0.3, -0.25) is 0 Å². The van der Waals surface area contributed by atoms with Gasteiger partial charge in [0.1, 0.15) is 5.69 Å². The monoisotopic (exact) mass is 333 g/mol. The molecule has 2 aromatic rings. The number of hydrogen-bond acceptors (Lipinski definition) is 2. The quantitative estimate of drug-likeness (QED) is 0.313. The van der Waals surface area contributed by atoms with Crippen molar-refractivity contribution >= 4 is 30.4 Å². The summed E-state index contributed by atoms with van der Waals surface area (Å²) in [5.41, 5.74) is 0.793. The van der Waals surface area contributed by atoms with Gasteiger partial charge in [-0.25, -0.2) is 4.57 Å². The Morgan fingerprint density at radius 3 is 2.14 bits per heavy atom. The van der Waals surface area contributed by atoms with E-state index in [9.17, 15) is 17.3 Å². The molecule has 0 aliphatic rings. The van der Waals surface area contributed by atoms with Gasteiger partial charge < -0.3 is 17.3 Å². The van der Waals surface area contributed by atoms with Crippen LogP contribution in [0.3, 0.4) is 0 Å². The average Bonchev–Trinajstić information content (AvgIpc) is 2.45. The zero-order valence-electron chi connectivity index (χ0n) is 11.6. The third kappa shape index (κ3) is 7.73. The van der Waals surface area contributed by atoms with E-state index in [1.165, 1.54) is 0 Å². The molecule has 0 unspecified atom stereocenters. The molecule has 0 spiro atoms. The largest absolute Gasteiger partial charge is 0.673 e. The van der Waals surface area contributed by atoms with Gasteiger partial charge in [0.05, 0.1) is 17.9 Å². The van der Waals surface area contributed by atoms with Crippen molar-refractivity contribution in [3.8, 4) is 0 Å². The lowest BCUT2D eigenvalue weighted by molar-refractivity contribution is -0.681. The first-order chi connectivity index (χ1) is 10.3. The highest BCUT2D eigenvalue weighted by Gasteiger charge is 2.20. The maximum absolute atomic E-state index is 9.75. The van der Waals surface area contributed by atoms with Crippen molar-refractivity contribution < 1.29 is 21.8 Å². The first kappa shape index (κ1) is 18.1. The minimum Gasteiger partial charge on any atom is -0.418 e. The van der Waals surface area contributed by atoms with Crippen molar-refractivity contribution in [2.45, 2.75) is 13.5 Å². The number of aromatic nitrogens is 1. The van der Waals surface area contributed by atoms with E-state index < -0.39 is 7.25 Å². The summed E-state index contributed by atoms with van der Waals surface area (Å²) in [6.07, 6.45) is 1.98. The molecule has 22 heavy (non-hydrogen) atoms. The Morgan fingerprint density at radius 1 is 1.00 bits per heavy atom. The fourth-order valence-electron chi connectivity index (χ4n) is 1.44. The predicted molar refractivity (Wildman–Crippen MR) is 78.1 cm³/mol. The van der Waals surface area contributed by atoms with Crippen molar-refractivity contribution in [2.75, 3.05) is 0 Å². The van der Waals surface area contributed by atoms with Gasteiger partial charge in [0.15, 0.2) is 0 Å². The van der Waals surface area contributed by atoms with Gasteiger partial charge >= 0.3 is 13.1 Å². The lowest BCUT2D eigenvalue weighted by Gasteiger charge is -1.94. The van der Waals surface area contributed by atoms with E-state index in [2.05, 4.69) is 17.2 Å². The van der Waals surface area contributed by atoms with Crippen LogP contribution in [0.25, 0.3) is 0 Å². The van der Waals surface area contributed by atoms with E-state index in [1.807, 2.05) is 41.1 Å². The summed E-state index contributed by atoms with van der Waals surface area (Å²) < 4.78 is 41.0. The minimum absolute atomic E-state index is 0.701. The molecule has 118 valence electrons. The second kappa shape index (κ2) is 8.48. The second-order valence-electron chi connectivity index (χ2n) is 4.02. The van der Waals surface area contributed by atoms with Crippen LogP contribution in [-0.4, -0.2) is 7.25 Å². The van der Waals surface area contributed by atoms with Gasteiger partial charge in [-0.05, 0) is 42.4 Å². The maximum Gasteiger partial charge on any atom is 0.673 e. The lowest BCUT2D eigenvalue weighted by Crippen LogP contribution is -2.31. The number of halogens is 5.